The van der Waals surface area contributed by atoms with E-state index in [2.05, 4.69) is 13.5 Å². The Labute approximate surface area is 86.8 Å². The Morgan fingerprint density at radius 3 is 2.14 bits per heavy atom. The number of aliphatic hydroxyl groups is 1. The van der Waals surface area contributed by atoms with E-state index in [1.807, 2.05) is 6.92 Å². The zero-order valence-electron chi connectivity index (χ0n) is 9.51. The molecule has 0 spiro atoms. The van der Waals surface area contributed by atoms with Gasteiger partial charge in [0.15, 0.2) is 0 Å². The fraction of sp³-hybridized carbons (Fsp3) is 0.727. The van der Waals surface area contributed by atoms with E-state index in [1.54, 1.807) is 6.92 Å². The van der Waals surface area contributed by atoms with Crippen LogP contribution >= 0.6 is 0 Å². The zero-order valence-corrected chi connectivity index (χ0v) is 9.51. The SMILES string of the molecule is C=C(C)C(=O)OCCCC.CCCO. The van der Waals surface area contributed by atoms with Crippen molar-refractivity contribution in [3.05, 3.63) is 12.2 Å². The summed E-state index contributed by atoms with van der Waals surface area (Å²) in [5.74, 6) is -0.284. The van der Waals surface area contributed by atoms with Gasteiger partial charge in [-0.25, -0.2) is 4.79 Å². The molecule has 0 aromatic rings. The first-order chi connectivity index (χ1) is 6.59. The molecule has 3 nitrogen and oxygen atoms in total. The molecule has 0 rings (SSSR count). The summed E-state index contributed by atoms with van der Waals surface area (Å²) in [4.78, 5) is 10.7. The molecular formula is C11H22O3. The molecule has 0 aromatic carbocycles. The van der Waals surface area contributed by atoms with Crippen molar-refractivity contribution >= 4 is 5.97 Å². The van der Waals surface area contributed by atoms with Gasteiger partial charge in [0.2, 0.25) is 0 Å². The van der Waals surface area contributed by atoms with Crippen LogP contribution in [-0.4, -0.2) is 24.3 Å². The summed E-state index contributed by atoms with van der Waals surface area (Å²) in [5, 5.41) is 7.88. The smallest absolute Gasteiger partial charge is 0.333 e. The summed E-state index contributed by atoms with van der Waals surface area (Å²) in [6.45, 7) is 9.92. The van der Waals surface area contributed by atoms with Gasteiger partial charge in [-0.1, -0.05) is 26.8 Å². The monoisotopic (exact) mass is 202 g/mol. The molecule has 0 heterocycles. The van der Waals surface area contributed by atoms with Gasteiger partial charge < -0.3 is 9.84 Å². The summed E-state index contributed by atoms with van der Waals surface area (Å²) < 4.78 is 4.81. The van der Waals surface area contributed by atoms with Crippen LogP contribution in [0.4, 0.5) is 0 Å². The highest BCUT2D eigenvalue weighted by molar-refractivity contribution is 5.86. The lowest BCUT2D eigenvalue weighted by Gasteiger charge is -2.01. The fourth-order valence-corrected chi connectivity index (χ4v) is 0.432. The number of hydrogen-bond donors (Lipinski definition) is 1. The highest BCUT2D eigenvalue weighted by Gasteiger charge is 2.00. The molecule has 1 N–H and O–H groups in total. The second-order valence-corrected chi connectivity index (χ2v) is 2.99. The summed E-state index contributed by atoms with van der Waals surface area (Å²) in [6, 6.07) is 0. The molecule has 0 aliphatic heterocycles. The van der Waals surface area contributed by atoms with Crippen molar-refractivity contribution < 1.29 is 14.6 Å². The van der Waals surface area contributed by atoms with E-state index in [1.165, 1.54) is 0 Å². The van der Waals surface area contributed by atoms with E-state index in [9.17, 15) is 4.79 Å². The minimum atomic E-state index is -0.284. The molecule has 0 amide bonds. The number of unbranched alkanes of at least 4 members (excludes halogenated alkanes) is 1. The molecule has 84 valence electrons. The number of esters is 1. The van der Waals surface area contributed by atoms with Gasteiger partial charge >= 0.3 is 5.97 Å². The quantitative estimate of drug-likeness (QED) is 0.422. The lowest BCUT2D eigenvalue weighted by atomic mass is 10.3. The molecule has 14 heavy (non-hydrogen) atoms. The van der Waals surface area contributed by atoms with E-state index >= 15 is 0 Å². The Hall–Kier alpha value is -0.830. The van der Waals surface area contributed by atoms with Crippen molar-refractivity contribution in [2.24, 2.45) is 0 Å². The first-order valence-electron chi connectivity index (χ1n) is 5.03. The van der Waals surface area contributed by atoms with E-state index in [0.717, 1.165) is 19.3 Å². The van der Waals surface area contributed by atoms with Gasteiger partial charge in [-0.05, 0) is 19.8 Å². The van der Waals surface area contributed by atoms with Crippen molar-refractivity contribution in [2.75, 3.05) is 13.2 Å². The first kappa shape index (κ1) is 15.6. The number of hydrogen-bond acceptors (Lipinski definition) is 3. The number of ether oxygens (including phenoxy) is 1. The second-order valence-electron chi connectivity index (χ2n) is 2.99. The predicted molar refractivity (Wildman–Crippen MR) is 58.1 cm³/mol. The zero-order chi connectivity index (χ0) is 11.4. The summed E-state index contributed by atoms with van der Waals surface area (Å²) >= 11 is 0. The molecule has 0 radical (unpaired) electrons. The fourth-order valence-electron chi connectivity index (χ4n) is 0.432. The predicted octanol–water partition coefficient (Wildman–Crippen LogP) is 2.29. The van der Waals surface area contributed by atoms with Crippen LogP contribution < -0.4 is 0 Å². The van der Waals surface area contributed by atoms with E-state index < -0.39 is 0 Å². The number of carbonyl (C=O) groups is 1. The van der Waals surface area contributed by atoms with Crippen LogP contribution in [0.25, 0.3) is 0 Å². The molecule has 0 fully saturated rings. The highest BCUT2D eigenvalue weighted by Crippen LogP contribution is 1.94. The van der Waals surface area contributed by atoms with Gasteiger partial charge in [0.25, 0.3) is 0 Å². The van der Waals surface area contributed by atoms with Crippen molar-refractivity contribution in [1.29, 1.82) is 0 Å². The van der Waals surface area contributed by atoms with Crippen LogP contribution in [0.5, 0.6) is 0 Å². The molecule has 0 saturated heterocycles. The molecule has 0 atom stereocenters. The van der Waals surface area contributed by atoms with Crippen LogP contribution in [0.15, 0.2) is 12.2 Å². The van der Waals surface area contributed by atoms with Crippen LogP contribution in [0.2, 0.25) is 0 Å². The average Bonchev–Trinajstić information content (AvgIpc) is 2.18. The Morgan fingerprint density at radius 2 is 1.86 bits per heavy atom. The maximum absolute atomic E-state index is 10.7. The maximum Gasteiger partial charge on any atom is 0.333 e. The third-order valence-corrected chi connectivity index (χ3v) is 1.30. The Morgan fingerprint density at radius 1 is 1.36 bits per heavy atom. The molecule has 0 aromatic heterocycles. The standard InChI is InChI=1S/C8H14O2.C3H8O/c1-4-5-6-10-8(9)7(2)3;1-2-3-4/h2,4-6H2,1,3H3;4H,2-3H2,1H3. The Kier molecular flexibility index (Phi) is 13.6. The minimum absolute atomic E-state index is 0.284. The van der Waals surface area contributed by atoms with Crippen molar-refractivity contribution in [2.45, 2.75) is 40.0 Å². The summed E-state index contributed by atoms with van der Waals surface area (Å²) in [6.07, 6.45) is 2.85. The van der Waals surface area contributed by atoms with Crippen LogP contribution in [0, 0.1) is 0 Å². The van der Waals surface area contributed by atoms with E-state index in [4.69, 9.17) is 9.84 Å². The van der Waals surface area contributed by atoms with Crippen LogP contribution in [0.3, 0.4) is 0 Å². The van der Waals surface area contributed by atoms with Crippen LogP contribution in [0.1, 0.15) is 40.0 Å². The van der Waals surface area contributed by atoms with Gasteiger partial charge in [0.05, 0.1) is 6.61 Å². The van der Waals surface area contributed by atoms with Crippen LogP contribution in [-0.2, 0) is 9.53 Å². The van der Waals surface area contributed by atoms with Crippen molar-refractivity contribution in [3.8, 4) is 0 Å². The Balaban J connectivity index is 0. The average molecular weight is 202 g/mol. The number of rotatable bonds is 5. The second kappa shape index (κ2) is 12.2. The topological polar surface area (TPSA) is 46.5 Å². The molecule has 0 saturated carbocycles. The molecule has 0 unspecified atom stereocenters. The van der Waals surface area contributed by atoms with Gasteiger partial charge in [-0.15, -0.1) is 0 Å². The van der Waals surface area contributed by atoms with Crippen molar-refractivity contribution in [1.82, 2.24) is 0 Å². The van der Waals surface area contributed by atoms with E-state index in [-0.39, 0.29) is 5.97 Å². The first-order valence-corrected chi connectivity index (χ1v) is 5.03. The van der Waals surface area contributed by atoms with Gasteiger partial charge in [0, 0.05) is 12.2 Å². The summed E-state index contributed by atoms with van der Waals surface area (Å²) in [7, 11) is 0. The summed E-state index contributed by atoms with van der Waals surface area (Å²) in [5.41, 5.74) is 0.469. The Bertz CT molecular complexity index is 151. The lowest BCUT2D eigenvalue weighted by Crippen LogP contribution is -2.05. The van der Waals surface area contributed by atoms with Gasteiger partial charge in [-0.2, -0.15) is 0 Å². The maximum atomic E-state index is 10.7. The number of carbonyl (C=O) groups excluding carboxylic acids is 1. The molecular weight excluding hydrogens is 180 g/mol. The largest absolute Gasteiger partial charge is 0.462 e. The molecule has 0 aliphatic rings. The lowest BCUT2D eigenvalue weighted by molar-refractivity contribution is -0.139. The normalized spacial score (nSPS) is 8.57. The molecule has 3 heteroatoms. The minimum Gasteiger partial charge on any atom is -0.462 e. The third kappa shape index (κ3) is 13.7. The molecule has 0 aliphatic carbocycles. The molecule has 0 bridgehead atoms. The third-order valence-electron chi connectivity index (χ3n) is 1.30. The number of aliphatic hydroxyl groups excluding tert-OH is 1. The highest BCUT2D eigenvalue weighted by atomic mass is 16.5. The van der Waals surface area contributed by atoms with E-state index in [0.29, 0.717) is 18.8 Å². The van der Waals surface area contributed by atoms with Gasteiger partial charge in [0.1, 0.15) is 0 Å². The van der Waals surface area contributed by atoms with Gasteiger partial charge in [-0.3, -0.25) is 0 Å². The van der Waals surface area contributed by atoms with Crippen molar-refractivity contribution in [3.63, 3.8) is 0 Å².